The molecular formula is C37H65NO12. The van der Waals surface area contributed by atoms with Crippen LogP contribution < -0.4 is 0 Å². The van der Waals surface area contributed by atoms with Crippen molar-refractivity contribution in [3.63, 3.8) is 0 Å². The van der Waals surface area contributed by atoms with Gasteiger partial charge in [-0.1, -0.05) is 27.7 Å². The van der Waals surface area contributed by atoms with E-state index in [1.165, 1.54) is 0 Å². The van der Waals surface area contributed by atoms with Gasteiger partial charge in [-0.05, 0) is 74.9 Å². The molecule has 12 unspecified atom stereocenters. The molecule has 3 bridgehead atoms. The smallest absolute Gasteiger partial charge is 0.311 e. The molecule has 0 aromatic heterocycles. The molecule has 5 aliphatic heterocycles. The van der Waals surface area contributed by atoms with E-state index in [0.717, 1.165) is 0 Å². The number of carbonyl (C=O) groups excluding carboxylic acids is 1. The van der Waals surface area contributed by atoms with E-state index in [-0.39, 0.29) is 24.5 Å². The van der Waals surface area contributed by atoms with Crippen molar-refractivity contribution in [2.24, 2.45) is 23.7 Å². The lowest BCUT2D eigenvalue weighted by Gasteiger charge is -2.49. The van der Waals surface area contributed by atoms with Crippen molar-refractivity contribution in [3.05, 3.63) is 0 Å². The number of nitrogens with zero attached hydrogens (tertiary/aromatic N) is 1. The van der Waals surface area contributed by atoms with Crippen molar-refractivity contribution in [1.82, 2.24) is 4.90 Å². The Labute approximate surface area is 298 Å². The molecular weight excluding hydrogens is 650 g/mol. The van der Waals surface area contributed by atoms with E-state index in [2.05, 4.69) is 6.92 Å². The summed E-state index contributed by atoms with van der Waals surface area (Å²) in [5.41, 5.74) is -3.25. The molecule has 5 fully saturated rings. The van der Waals surface area contributed by atoms with E-state index in [0.29, 0.717) is 19.3 Å². The van der Waals surface area contributed by atoms with Gasteiger partial charge in [0, 0.05) is 37.3 Å². The van der Waals surface area contributed by atoms with E-state index in [1.807, 2.05) is 60.5 Å². The number of carbonyl (C=O) groups is 1. The molecule has 50 heavy (non-hydrogen) atoms. The van der Waals surface area contributed by atoms with Crippen LogP contribution >= 0.6 is 0 Å². The van der Waals surface area contributed by atoms with Gasteiger partial charge in [0.2, 0.25) is 0 Å². The predicted molar refractivity (Wildman–Crippen MR) is 182 cm³/mol. The van der Waals surface area contributed by atoms with Crippen molar-refractivity contribution in [3.8, 4) is 0 Å². The van der Waals surface area contributed by atoms with E-state index >= 15 is 0 Å². The zero-order valence-electron chi connectivity index (χ0n) is 32.5. The van der Waals surface area contributed by atoms with Gasteiger partial charge in [-0.3, -0.25) is 4.79 Å². The first kappa shape index (κ1) is 40.2. The molecule has 19 atom stereocenters. The normalized spacial score (nSPS) is 54.7. The number of hydrogen-bond acceptors (Lipinski definition) is 13. The summed E-state index contributed by atoms with van der Waals surface area (Å²) in [4.78, 5) is 16.2. The lowest BCUT2D eigenvalue weighted by Crippen LogP contribution is -2.61. The summed E-state index contributed by atoms with van der Waals surface area (Å²) in [7, 11) is 5.39. The number of methoxy groups -OCH3 is 1. The highest BCUT2D eigenvalue weighted by Crippen LogP contribution is 2.59. The zero-order valence-corrected chi connectivity index (χ0v) is 32.5. The van der Waals surface area contributed by atoms with Crippen LogP contribution in [-0.2, 0) is 42.7 Å². The molecule has 0 aromatic rings. The van der Waals surface area contributed by atoms with Gasteiger partial charge in [-0.25, -0.2) is 0 Å². The Morgan fingerprint density at radius 3 is 2.18 bits per heavy atom. The quantitative estimate of drug-likeness (QED) is 0.331. The molecule has 0 radical (unpaired) electrons. The Morgan fingerprint density at radius 2 is 1.58 bits per heavy atom. The molecule has 13 heteroatoms. The van der Waals surface area contributed by atoms with Crippen molar-refractivity contribution in [2.75, 3.05) is 21.2 Å². The Hall–Kier alpha value is -0.970. The van der Waals surface area contributed by atoms with Crippen LogP contribution in [0, 0.1) is 23.7 Å². The number of fused-ring (bicyclic) bond motifs is 2. The van der Waals surface area contributed by atoms with Gasteiger partial charge in [-0.2, -0.15) is 0 Å². The number of hydrogen-bond donors (Lipinski definition) is 3. The molecule has 0 aliphatic carbocycles. The number of cyclic esters (lactones) is 1. The molecule has 5 rings (SSSR count). The fraction of sp³-hybridized carbons (Fsp3) is 0.973. The molecule has 5 heterocycles. The van der Waals surface area contributed by atoms with Crippen molar-refractivity contribution in [2.45, 2.75) is 185 Å². The molecule has 5 saturated heterocycles. The highest BCUT2D eigenvalue weighted by molar-refractivity contribution is 5.73. The third-order valence-corrected chi connectivity index (χ3v) is 12.9. The largest absolute Gasteiger partial charge is 0.459 e. The molecule has 5 aliphatic rings. The van der Waals surface area contributed by atoms with Crippen molar-refractivity contribution >= 4 is 5.97 Å². The second-order valence-electron chi connectivity index (χ2n) is 16.9. The van der Waals surface area contributed by atoms with Crippen LogP contribution in [-0.4, -0.2) is 137 Å². The lowest BCUT2D eigenvalue weighted by atomic mass is 9.77. The number of aliphatic hydroxyl groups is 3. The first-order chi connectivity index (χ1) is 23.2. The minimum absolute atomic E-state index is 0.194. The Kier molecular flexibility index (Phi) is 11.5. The highest BCUT2D eigenvalue weighted by Gasteiger charge is 2.71. The molecule has 0 saturated carbocycles. The standard InChI is InChI=1S/C37H65NO12/c1-14-25-36(10)29(40)22(6)37(50-36)18(2)16-35(9,49-37)31(48-33-27(39)24(38(11)12)15-19(3)44-33)20(4)28(21(5)32(42)46-25)47-26-17-34(8,43-13)30(41)23(7)45-26/h18-31,33,39-41H,14-17H2,1-13H3/t18?,19?,20-,21+,22+,23?,24?,25+,26?,27?,28-,29+,30?,31+,33?,34?,35?,36?,37?/m0/s1. The average Bonchev–Trinajstić information content (AvgIpc) is 3.42. The number of ether oxygens (including phenoxy) is 8. The summed E-state index contributed by atoms with van der Waals surface area (Å²) in [5, 5.41) is 34.4. The van der Waals surface area contributed by atoms with E-state index < -0.39 is 102 Å². The van der Waals surface area contributed by atoms with Crippen LogP contribution in [0.25, 0.3) is 0 Å². The second-order valence-corrected chi connectivity index (χ2v) is 16.9. The Bertz CT molecular complexity index is 1210. The van der Waals surface area contributed by atoms with Crippen LogP contribution in [0.2, 0.25) is 0 Å². The predicted octanol–water partition coefficient (Wildman–Crippen LogP) is 2.99. The summed E-state index contributed by atoms with van der Waals surface area (Å²) >= 11 is 0. The summed E-state index contributed by atoms with van der Waals surface area (Å²) in [6.07, 6.45) is -6.22. The van der Waals surface area contributed by atoms with Gasteiger partial charge in [0.05, 0.1) is 47.6 Å². The van der Waals surface area contributed by atoms with E-state index in [9.17, 15) is 20.1 Å². The number of likely N-dealkylation sites (N-methyl/N-ethyl adjacent to an activating group) is 1. The number of rotatable bonds is 7. The Morgan fingerprint density at radius 1 is 0.920 bits per heavy atom. The van der Waals surface area contributed by atoms with Gasteiger partial charge >= 0.3 is 5.97 Å². The van der Waals surface area contributed by atoms with Gasteiger partial charge in [-0.15, -0.1) is 0 Å². The fourth-order valence-electron chi connectivity index (χ4n) is 9.81. The molecule has 290 valence electrons. The SMILES string of the molecule is CC[C@H]1OC(=O)[C@H](C)[C@@H](OC2CC(C)(OC)C(O)C(C)O2)[C@H](C)[C@@H](OC2OC(C)CC(N(C)C)C2O)C2(C)CC(C)C3(O2)OC1(C)[C@H](O)[C@H]3C. The van der Waals surface area contributed by atoms with Gasteiger partial charge in [0.15, 0.2) is 18.4 Å². The Balaban J connectivity index is 1.62. The van der Waals surface area contributed by atoms with Crippen LogP contribution in [0.1, 0.15) is 94.9 Å². The van der Waals surface area contributed by atoms with Gasteiger partial charge in [0.25, 0.3) is 0 Å². The summed E-state index contributed by atoms with van der Waals surface area (Å²) in [6.45, 7) is 18.9. The maximum atomic E-state index is 14.2. The third kappa shape index (κ3) is 6.69. The molecule has 3 N–H and O–H groups in total. The van der Waals surface area contributed by atoms with Crippen molar-refractivity contribution in [1.29, 1.82) is 0 Å². The fourth-order valence-corrected chi connectivity index (χ4v) is 9.81. The van der Waals surface area contributed by atoms with Crippen LogP contribution in [0.4, 0.5) is 0 Å². The molecule has 1 spiro atoms. The maximum Gasteiger partial charge on any atom is 0.311 e. The third-order valence-electron chi connectivity index (χ3n) is 12.9. The minimum atomic E-state index is -1.25. The van der Waals surface area contributed by atoms with Crippen molar-refractivity contribution < 1.29 is 58.0 Å². The number of esters is 1. The van der Waals surface area contributed by atoms with E-state index in [1.54, 1.807) is 27.9 Å². The highest BCUT2D eigenvalue weighted by atomic mass is 16.8. The minimum Gasteiger partial charge on any atom is -0.459 e. The topological polar surface area (TPSA) is 155 Å². The average molecular weight is 716 g/mol. The first-order valence-electron chi connectivity index (χ1n) is 18.7. The molecule has 0 amide bonds. The monoisotopic (exact) mass is 715 g/mol. The summed E-state index contributed by atoms with van der Waals surface area (Å²) < 4.78 is 52.3. The lowest BCUT2D eigenvalue weighted by molar-refractivity contribution is -0.344. The molecule has 13 nitrogen and oxygen atoms in total. The number of aliphatic hydroxyl groups excluding tert-OH is 3. The van der Waals surface area contributed by atoms with Crippen LogP contribution in [0.3, 0.4) is 0 Å². The molecule has 0 aromatic carbocycles. The van der Waals surface area contributed by atoms with Crippen LogP contribution in [0.5, 0.6) is 0 Å². The van der Waals surface area contributed by atoms with Crippen LogP contribution in [0.15, 0.2) is 0 Å². The van der Waals surface area contributed by atoms with E-state index in [4.69, 9.17) is 37.9 Å². The second kappa shape index (κ2) is 14.4. The maximum absolute atomic E-state index is 14.2. The zero-order chi connectivity index (χ0) is 37.3. The first-order valence-corrected chi connectivity index (χ1v) is 18.7. The summed E-state index contributed by atoms with van der Waals surface area (Å²) in [6, 6.07) is -0.218. The van der Waals surface area contributed by atoms with Gasteiger partial charge in [0.1, 0.15) is 23.9 Å². The summed E-state index contributed by atoms with van der Waals surface area (Å²) in [5.74, 6) is -3.80. The van der Waals surface area contributed by atoms with Gasteiger partial charge < -0.3 is 58.1 Å².